The summed E-state index contributed by atoms with van der Waals surface area (Å²) in [5.41, 5.74) is 2.36. The Morgan fingerprint density at radius 1 is 1.38 bits per heavy atom. The van der Waals surface area contributed by atoms with E-state index in [1.165, 1.54) is 5.56 Å². The van der Waals surface area contributed by atoms with Crippen molar-refractivity contribution >= 4 is 17.7 Å². The zero-order chi connectivity index (χ0) is 17.4. The van der Waals surface area contributed by atoms with Gasteiger partial charge in [0.15, 0.2) is 0 Å². The fourth-order valence-electron chi connectivity index (χ4n) is 2.74. The van der Waals surface area contributed by atoms with Gasteiger partial charge < -0.3 is 15.7 Å². The molecule has 6 heteroatoms. The number of aliphatic carboxylic acids is 1. The maximum Gasteiger partial charge on any atom is 0.306 e. The highest BCUT2D eigenvalue weighted by molar-refractivity contribution is 5.76. The minimum Gasteiger partial charge on any atom is -0.481 e. The van der Waals surface area contributed by atoms with Gasteiger partial charge in [0.25, 0.3) is 0 Å². The van der Waals surface area contributed by atoms with Gasteiger partial charge in [-0.15, -0.1) is 0 Å². The van der Waals surface area contributed by atoms with Gasteiger partial charge in [0.1, 0.15) is 5.82 Å². The number of carbonyl (C=O) groups excluding carboxylic acids is 1. The Labute approximate surface area is 143 Å². The summed E-state index contributed by atoms with van der Waals surface area (Å²) in [5, 5.41) is 14.9. The molecule has 1 aliphatic rings. The maximum absolute atomic E-state index is 11.7. The van der Waals surface area contributed by atoms with E-state index in [9.17, 15) is 9.59 Å². The predicted octanol–water partition coefficient (Wildman–Crippen LogP) is 2.38. The second-order valence-corrected chi connectivity index (χ2v) is 6.43. The van der Waals surface area contributed by atoms with E-state index in [0.717, 1.165) is 50.2 Å². The number of rotatable bonds is 9. The summed E-state index contributed by atoms with van der Waals surface area (Å²) in [5.74, 6) is -0.234. The van der Waals surface area contributed by atoms with E-state index in [1.807, 2.05) is 0 Å². The molecule has 24 heavy (non-hydrogen) atoms. The molecule has 0 fully saturated rings. The summed E-state index contributed by atoms with van der Waals surface area (Å²) in [6, 6.07) is 4.24. The van der Waals surface area contributed by atoms with Crippen molar-refractivity contribution in [1.29, 1.82) is 0 Å². The van der Waals surface area contributed by atoms with Crippen LogP contribution >= 0.6 is 0 Å². The number of carboxylic acid groups (broad SMARTS) is 1. The standard InChI is InChI=1S/C18H27N3O3/c1-13(18(23)24)10-12-19-16(22)7-3-2-6-15-9-8-14-5-4-11-20-17(14)21-15/h8-9,13H,2-7,10-12H2,1H3,(H,19,22)(H,20,21)(H,23,24). The molecule has 0 saturated carbocycles. The van der Waals surface area contributed by atoms with Gasteiger partial charge in [-0.1, -0.05) is 13.0 Å². The van der Waals surface area contributed by atoms with Crippen LogP contribution in [-0.2, 0) is 22.4 Å². The molecule has 1 unspecified atom stereocenters. The van der Waals surface area contributed by atoms with Gasteiger partial charge in [-0.3, -0.25) is 9.59 Å². The predicted molar refractivity (Wildman–Crippen MR) is 93.0 cm³/mol. The normalized spacial score (nSPS) is 14.4. The van der Waals surface area contributed by atoms with Crippen LogP contribution in [-0.4, -0.2) is 35.1 Å². The van der Waals surface area contributed by atoms with Crippen LogP contribution in [0.4, 0.5) is 5.82 Å². The molecule has 1 atom stereocenters. The molecule has 3 N–H and O–H groups in total. The van der Waals surface area contributed by atoms with Crippen molar-refractivity contribution in [3.63, 3.8) is 0 Å². The Bertz CT molecular complexity index is 575. The van der Waals surface area contributed by atoms with Crippen molar-refractivity contribution in [1.82, 2.24) is 10.3 Å². The number of fused-ring (bicyclic) bond motifs is 1. The molecule has 0 aliphatic carbocycles. The molecule has 2 heterocycles. The highest BCUT2D eigenvalue weighted by Gasteiger charge is 2.11. The third-order valence-electron chi connectivity index (χ3n) is 4.36. The molecule has 0 radical (unpaired) electrons. The van der Waals surface area contributed by atoms with Gasteiger partial charge in [-0.25, -0.2) is 4.98 Å². The van der Waals surface area contributed by atoms with Crippen LogP contribution in [0.15, 0.2) is 12.1 Å². The van der Waals surface area contributed by atoms with Crippen LogP contribution in [0.2, 0.25) is 0 Å². The van der Waals surface area contributed by atoms with Crippen LogP contribution in [0.5, 0.6) is 0 Å². The van der Waals surface area contributed by atoms with Gasteiger partial charge >= 0.3 is 5.97 Å². The summed E-state index contributed by atoms with van der Waals surface area (Å²) >= 11 is 0. The van der Waals surface area contributed by atoms with Crippen molar-refractivity contribution in [2.45, 2.75) is 51.9 Å². The van der Waals surface area contributed by atoms with E-state index in [-0.39, 0.29) is 5.91 Å². The van der Waals surface area contributed by atoms with Crippen LogP contribution in [0.25, 0.3) is 0 Å². The third kappa shape index (κ3) is 5.83. The molecule has 2 rings (SSSR count). The number of aryl methyl sites for hydroxylation is 2. The van der Waals surface area contributed by atoms with E-state index in [4.69, 9.17) is 5.11 Å². The molecule has 0 aromatic carbocycles. The van der Waals surface area contributed by atoms with Gasteiger partial charge in [-0.05, 0) is 50.2 Å². The molecule has 1 aromatic heterocycles. The molecule has 0 spiro atoms. The molecule has 1 aromatic rings. The Morgan fingerprint density at radius 3 is 3.00 bits per heavy atom. The summed E-state index contributed by atoms with van der Waals surface area (Å²) < 4.78 is 0. The lowest BCUT2D eigenvalue weighted by molar-refractivity contribution is -0.141. The summed E-state index contributed by atoms with van der Waals surface area (Å²) in [6.45, 7) is 3.06. The highest BCUT2D eigenvalue weighted by Crippen LogP contribution is 2.20. The molecule has 0 bridgehead atoms. The van der Waals surface area contributed by atoms with Gasteiger partial charge in [0, 0.05) is 25.2 Å². The number of anilines is 1. The quantitative estimate of drug-likeness (QED) is 0.604. The summed E-state index contributed by atoms with van der Waals surface area (Å²) in [7, 11) is 0. The smallest absolute Gasteiger partial charge is 0.306 e. The van der Waals surface area contributed by atoms with Crippen LogP contribution in [0, 0.1) is 5.92 Å². The first kappa shape index (κ1) is 18.2. The van der Waals surface area contributed by atoms with Crippen molar-refractivity contribution < 1.29 is 14.7 Å². The largest absolute Gasteiger partial charge is 0.481 e. The fourth-order valence-corrected chi connectivity index (χ4v) is 2.74. The molecular formula is C18H27N3O3. The molecule has 1 amide bonds. The number of carbonyl (C=O) groups is 2. The number of unbranched alkanes of at least 4 members (excludes halogenated alkanes) is 1. The minimum absolute atomic E-state index is 0.00680. The summed E-state index contributed by atoms with van der Waals surface area (Å²) in [6.07, 6.45) is 5.80. The number of hydrogen-bond donors (Lipinski definition) is 3. The number of nitrogens with one attached hydrogen (secondary N) is 2. The molecule has 0 saturated heterocycles. The SMILES string of the molecule is CC(CCNC(=O)CCCCc1ccc2c(n1)NCCC2)C(=O)O. The van der Waals surface area contributed by atoms with Crippen LogP contribution in [0.1, 0.15) is 50.3 Å². The Balaban J connectivity index is 1.60. The third-order valence-corrected chi connectivity index (χ3v) is 4.36. The Morgan fingerprint density at radius 2 is 2.21 bits per heavy atom. The lowest BCUT2D eigenvalue weighted by Crippen LogP contribution is -2.26. The molecular weight excluding hydrogens is 306 g/mol. The Hall–Kier alpha value is -2.11. The average molecular weight is 333 g/mol. The number of carboxylic acids is 1. The number of hydrogen-bond acceptors (Lipinski definition) is 4. The molecule has 132 valence electrons. The number of pyridine rings is 1. The van der Waals surface area contributed by atoms with Gasteiger partial charge in [0.2, 0.25) is 5.91 Å². The van der Waals surface area contributed by atoms with E-state index in [0.29, 0.717) is 19.4 Å². The minimum atomic E-state index is -0.823. The van der Waals surface area contributed by atoms with Crippen molar-refractivity contribution in [2.24, 2.45) is 5.92 Å². The first-order chi connectivity index (χ1) is 11.6. The molecule has 6 nitrogen and oxygen atoms in total. The zero-order valence-corrected chi connectivity index (χ0v) is 14.3. The number of nitrogens with zero attached hydrogens (tertiary/aromatic N) is 1. The van der Waals surface area contributed by atoms with Gasteiger partial charge in [0.05, 0.1) is 5.92 Å². The second-order valence-electron chi connectivity index (χ2n) is 6.43. The van der Waals surface area contributed by atoms with Crippen molar-refractivity contribution in [3.05, 3.63) is 23.4 Å². The monoisotopic (exact) mass is 333 g/mol. The van der Waals surface area contributed by atoms with Crippen molar-refractivity contribution in [3.8, 4) is 0 Å². The lowest BCUT2D eigenvalue weighted by Gasteiger charge is -2.17. The highest BCUT2D eigenvalue weighted by atomic mass is 16.4. The number of amides is 1. The van der Waals surface area contributed by atoms with Crippen LogP contribution in [0.3, 0.4) is 0 Å². The molecule has 1 aliphatic heterocycles. The maximum atomic E-state index is 11.7. The zero-order valence-electron chi connectivity index (χ0n) is 14.3. The Kier molecular flexibility index (Phi) is 7.03. The van der Waals surface area contributed by atoms with Gasteiger partial charge in [-0.2, -0.15) is 0 Å². The van der Waals surface area contributed by atoms with E-state index < -0.39 is 11.9 Å². The summed E-state index contributed by atoms with van der Waals surface area (Å²) in [4.78, 5) is 27.0. The van der Waals surface area contributed by atoms with E-state index >= 15 is 0 Å². The number of aromatic nitrogens is 1. The first-order valence-corrected chi connectivity index (χ1v) is 8.78. The topological polar surface area (TPSA) is 91.3 Å². The average Bonchev–Trinajstić information content (AvgIpc) is 2.58. The van der Waals surface area contributed by atoms with E-state index in [1.54, 1.807) is 6.92 Å². The fraction of sp³-hybridized carbons (Fsp3) is 0.611. The van der Waals surface area contributed by atoms with Crippen LogP contribution < -0.4 is 10.6 Å². The second kappa shape index (κ2) is 9.25. The first-order valence-electron chi connectivity index (χ1n) is 8.78. The van der Waals surface area contributed by atoms with Crippen molar-refractivity contribution in [2.75, 3.05) is 18.4 Å². The lowest BCUT2D eigenvalue weighted by atomic mass is 10.1. The van der Waals surface area contributed by atoms with E-state index in [2.05, 4.69) is 27.8 Å².